The minimum Gasteiger partial charge on any atom is -0.497 e. The summed E-state index contributed by atoms with van der Waals surface area (Å²) in [4.78, 5) is 11.8. The number of carbonyl (C=O) groups is 1. The fraction of sp³-hybridized carbons (Fsp3) is 0.278. The quantitative estimate of drug-likeness (QED) is 0.736. The summed E-state index contributed by atoms with van der Waals surface area (Å²) in [6, 6.07) is 9.02. The molecule has 0 aliphatic heterocycles. The van der Waals surface area contributed by atoms with Gasteiger partial charge in [-0.2, -0.15) is 4.72 Å². The molecule has 1 atom stereocenters. The molecule has 0 aliphatic rings. The van der Waals surface area contributed by atoms with Crippen LogP contribution in [0.3, 0.4) is 0 Å². The van der Waals surface area contributed by atoms with Crippen LogP contribution in [0.2, 0.25) is 0 Å². The SMILES string of the molecule is COc1ccc(C#Cc2ccc(S(=O)(=O)NC(C(=O)O)C(C)C)s2)cc1. The Hall–Kier alpha value is -2.34. The maximum Gasteiger partial charge on any atom is 0.322 e. The summed E-state index contributed by atoms with van der Waals surface area (Å²) in [6.45, 7) is 3.28. The van der Waals surface area contributed by atoms with Crippen LogP contribution in [0.5, 0.6) is 5.75 Å². The third-order valence-corrected chi connectivity index (χ3v) is 6.41. The second-order valence-corrected chi connectivity index (χ2v) is 8.80. The number of aliphatic carboxylic acids is 1. The highest BCUT2D eigenvalue weighted by Crippen LogP contribution is 2.22. The van der Waals surface area contributed by atoms with Crippen LogP contribution < -0.4 is 9.46 Å². The zero-order valence-corrected chi connectivity index (χ0v) is 16.1. The molecule has 138 valence electrons. The van der Waals surface area contributed by atoms with Gasteiger partial charge in [-0.25, -0.2) is 8.42 Å². The Balaban J connectivity index is 2.18. The number of thiophene rings is 1. The molecule has 0 saturated carbocycles. The number of benzene rings is 1. The monoisotopic (exact) mass is 393 g/mol. The third kappa shape index (κ3) is 5.08. The lowest BCUT2D eigenvalue weighted by molar-refractivity contribution is -0.140. The van der Waals surface area contributed by atoms with Crippen LogP contribution in [0, 0.1) is 17.8 Å². The summed E-state index contributed by atoms with van der Waals surface area (Å²) >= 11 is 0.990. The second-order valence-electron chi connectivity index (χ2n) is 5.78. The number of rotatable bonds is 6. The molecular weight excluding hydrogens is 374 g/mol. The lowest BCUT2D eigenvalue weighted by atomic mass is 10.1. The first-order valence-electron chi connectivity index (χ1n) is 7.74. The Kier molecular flexibility index (Phi) is 6.42. The summed E-state index contributed by atoms with van der Waals surface area (Å²) in [5, 5.41) is 9.15. The van der Waals surface area contributed by atoms with Gasteiger partial charge >= 0.3 is 5.97 Å². The molecule has 0 fully saturated rings. The molecule has 0 spiro atoms. The number of sulfonamides is 1. The van der Waals surface area contributed by atoms with E-state index >= 15 is 0 Å². The van der Waals surface area contributed by atoms with E-state index in [1.807, 2.05) is 0 Å². The summed E-state index contributed by atoms with van der Waals surface area (Å²) in [5.41, 5.74) is 0.771. The number of methoxy groups -OCH3 is 1. The van der Waals surface area contributed by atoms with Gasteiger partial charge in [-0.05, 0) is 42.3 Å². The van der Waals surface area contributed by atoms with E-state index in [1.54, 1.807) is 51.3 Å². The summed E-state index contributed by atoms with van der Waals surface area (Å²) < 4.78 is 32.1. The van der Waals surface area contributed by atoms with E-state index in [2.05, 4.69) is 16.6 Å². The first kappa shape index (κ1) is 20.0. The molecule has 2 N–H and O–H groups in total. The van der Waals surface area contributed by atoms with Crippen LogP contribution in [0.1, 0.15) is 24.3 Å². The highest BCUT2D eigenvalue weighted by Gasteiger charge is 2.28. The van der Waals surface area contributed by atoms with E-state index in [0.717, 1.165) is 22.6 Å². The molecule has 0 aliphatic carbocycles. The van der Waals surface area contributed by atoms with Gasteiger partial charge in [0.2, 0.25) is 0 Å². The van der Waals surface area contributed by atoms with Crippen molar-refractivity contribution in [3.8, 4) is 17.6 Å². The second kappa shape index (κ2) is 8.36. The molecule has 0 saturated heterocycles. The normalized spacial score (nSPS) is 12.3. The van der Waals surface area contributed by atoms with Crippen molar-refractivity contribution in [2.24, 2.45) is 5.92 Å². The molecular formula is C18H19NO5S2. The van der Waals surface area contributed by atoms with Crippen LogP contribution >= 0.6 is 11.3 Å². The van der Waals surface area contributed by atoms with E-state index in [9.17, 15) is 13.2 Å². The smallest absolute Gasteiger partial charge is 0.322 e. The summed E-state index contributed by atoms with van der Waals surface area (Å²) in [6.07, 6.45) is 0. The first-order valence-corrected chi connectivity index (χ1v) is 10.0. The number of hydrogen-bond acceptors (Lipinski definition) is 5. The molecule has 1 unspecified atom stereocenters. The molecule has 26 heavy (non-hydrogen) atoms. The Bertz CT molecular complexity index is 934. The Morgan fingerprint density at radius 1 is 1.15 bits per heavy atom. The zero-order chi connectivity index (χ0) is 19.3. The van der Waals surface area contributed by atoms with Gasteiger partial charge in [0.15, 0.2) is 0 Å². The van der Waals surface area contributed by atoms with Crippen LogP contribution in [0.25, 0.3) is 0 Å². The molecule has 2 rings (SSSR count). The maximum absolute atomic E-state index is 12.4. The maximum atomic E-state index is 12.4. The van der Waals surface area contributed by atoms with Crippen molar-refractivity contribution in [3.63, 3.8) is 0 Å². The number of carboxylic acids is 1. The number of nitrogens with one attached hydrogen (secondary N) is 1. The molecule has 1 aromatic heterocycles. The van der Waals surface area contributed by atoms with E-state index in [1.165, 1.54) is 6.07 Å². The zero-order valence-electron chi connectivity index (χ0n) is 14.5. The van der Waals surface area contributed by atoms with Crippen LogP contribution in [-0.4, -0.2) is 32.6 Å². The summed E-state index contributed by atoms with van der Waals surface area (Å²) in [5.74, 6) is 5.00. The van der Waals surface area contributed by atoms with Gasteiger partial charge in [0.05, 0.1) is 12.0 Å². The Morgan fingerprint density at radius 3 is 2.35 bits per heavy atom. The average Bonchev–Trinajstić information content (AvgIpc) is 3.08. The highest BCUT2D eigenvalue weighted by atomic mass is 32.2. The van der Waals surface area contributed by atoms with E-state index in [-0.39, 0.29) is 10.1 Å². The van der Waals surface area contributed by atoms with Crippen LogP contribution in [0.4, 0.5) is 0 Å². The van der Waals surface area contributed by atoms with Crippen molar-refractivity contribution >= 4 is 27.3 Å². The van der Waals surface area contributed by atoms with Gasteiger partial charge in [0.1, 0.15) is 16.0 Å². The van der Waals surface area contributed by atoms with Crippen molar-refractivity contribution in [3.05, 3.63) is 46.8 Å². The molecule has 0 bridgehead atoms. The van der Waals surface area contributed by atoms with Crippen molar-refractivity contribution in [2.75, 3.05) is 7.11 Å². The molecule has 0 radical (unpaired) electrons. The van der Waals surface area contributed by atoms with Gasteiger partial charge in [-0.15, -0.1) is 11.3 Å². The largest absolute Gasteiger partial charge is 0.497 e. The molecule has 0 amide bonds. The van der Waals surface area contributed by atoms with Gasteiger partial charge in [-0.1, -0.05) is 25.7 Å². The van der Waals surface area contributed by atoms with Gasteiger partial charge in [0.25, 0.3) is 10.0 Å². The Morgan fingerprint density at radius 2 is 1.81 bits per heavy atom. The highest BCUT2D eigenvalue weighted by molar-refractivity contribution is 7.91. The van der Waals surface area contributed by atoms with E-state index in [0.29, 0.717) is 4.88 Å². The third-order valence-electron chi connectivity index (χ3n) is 3.48. The number of hydrogen-bond donors (Lipinski definition) is 2. The minimum atomic E-state index is -3.92. The standard InChI is InChI=1S/C18H19NO5S2/c1-12(2)17(18(20)21)19-26(22,23)16-11-10-15(25-16)9-6-13-4-7-14(24-3)8-5-13/h4-5,7-8,10-12,17,19H,1-3H3,(H,20,21). The van der Waals surface area contributed by atoms with Crippen molar-refractivity contribution in [1.82, 2.24) is 4.72 Å². The molecule has 8 heteroatoms. The molecule has 6 nitrogen and oxygen atoms in total. The lowest BCUT2D eigenvalue weighted by Gasteiger charge is -2.17. The average molecular weight is 393 g/mol. The van der Waals surface area contributed by atoms with E-state index in [4.69, 9.17) is 9.84 Å². The predicted molar refractivity (Wildman–Crippen MR) is 99.9 cm³/mol. The summed E-state index contributed by atoms with van der Waals surface area (Å²) in [7, 11) is -2.34. The van der Waals surface area contributed by atoms with Crippen molar-refractivity contribution < 1.29 is 23.1 Å². The van der Waals surface area contributed by atoms with Crippen LogP contribution in [-0.2, 0) is 14.8 Å². The van der Waals surface area contributed by atoms with Gasteiger partial charge in [-0.3, -0.25) is 4.79 Å². The molecule has 1 heterocycles. The number of ether oxygens (including phenoxy) is 1. The van der Waals surface area contributed by atoms with Crippen molar-refractivity contribution in [1.29, 1.82) is 0 Å². The fourth-order valence-electron chi connectivity index (χ4n) is 2.04. The topological polar surface area (TPSA) is 92.7 Å². The fourth-order valence-corrected chi connectivity index (χ4v) is 4.55. The predicted octanol–water partition coefficient (Wildman–Crippen LogP) is 2.54. The van der Waals surface area contributed by atoms with Crippen molar-refractivity contribution in [2.45, 2.75) is 24.1 Å². The molecule has 1 aromatic carbocycles. The minimum absolute atomic E-state index is 0.0310. The Labute approximate surface area is 156 Å². The van der Waals surface area contributed by atoms with E-state index < -0.39 is 22.0 Å². The van der Waals surface area contributed by atoms with Gasteiger partial charge < -0.3 is 9.84 Å². The number of carboxylic acid groups (broad SMARTS) is 1. The van der Waals surface area contributed by atoms with Crippen LogP contribution in [0.15, 0.2) is 40.6 Å². The lowest BCUT2D eigenvalue weighted by Crippen LogP contribution is -2.43. The first-order chi connectivity index (χ1) is 12.2. The molecule has 2 aromatic rings. The van der Waals surface area contributed by atoms with Gasteiger partial charge in [0, 0.05) is 5.56 Å².